The molecule has 9 heteroatoms. The minimum atomic E-state index is -3.77. The maximum atomic E-state index is 13.7. The number of nitrogens with one attached hydrogen (secondary N) is 1. The summed E-state index contributed by atoms with van der Waals surface area (Å²) in [4.78, 5) is 28.3. The van der Waals surface area contributed by atoms with E-state index in [0.717, 1.165) is 28.1 Å². The average molecular weight is 522 g/mol. The summed E-state index contributed by atoms with van der Waals surface area (Å²) in [5.74, 6) is -0.765. The van der Waals surface area contributed by atoms with E-state index in [4.69, 9.17) is 11.6 Å². The second-order valence-electron chi connectivity index (χ2n) is 8.89. The first-order valence-electron chi connectivity index (χ1n) is 11.8. The van der Waals surface area contributed by atoms with Crippen LogP contribution in [0.4, 0.5) is 5.69 Å². The third-order valence-corrected chi connectivity index (χ3v) is 7.65. The molecule has 35 heavy (non-hydrogen) atoms. The van der Waals surface area contributed by atoms with Crippen molar-refractivity contribution in [3.63, 3.8) is 0 Å². The maximum absolute atomic E-state index is 13.7. The molecule has 2 rings (SSSR count). The predicted octanol–water partition coefficient (Wildman–Crippen LogP) is 4.44. The van der Waals surface area contributed by atoms with Crippen molar-refractivity contribution in [3.8, 4) is 0 Å². The largest absolute Gasteiger partial charge is 0.352 e. The predicted molar refractivity (Wildman–Crippen MR) is 142 cm³/mol. The summed E-state index contributed by atoms with van der Waals surface area (Å²) in [6.07, 6.45) is 2.18. The molecule has 2 aromatic rings. The minimum absolute atomic E-state index is 0.0585. The molecule has 2 aromatic carbocycles. The van der Waals surface area contributed by atoms with Crippen molar-refractivity contribution < 1.29 is 18.0 Å². The van der Waals surface area contributed by atoms with E-state index < -0.39 is 28.5 Å². The summed E-state index contributed by atoms with van der Waals surface area (Å²) in [5, 5.41) is 3.42. The van der Waals surface area contributed by atoms with Gasteiger partial charge in [0.25, 0.3) is 0 Å². The Hall–Kier alpha value is -2.58. The Morgan fingerprint density at radius 3 is 2.23 bits per heavy atom. The van der Waals surface area contributed by atoms with Crippen molar-refractivity contribution in [2.24, 2.45) is 0 Å². The first-order chi connectivity index (χ1) is 16.4. The Kier molecular flexibility index (Phi) is 10.2. The van der Waals surface area contributed by atoms with Crippen LogP contribution < -0.4 is 9.62 Å². The number of carbonyl (C=O) groups excluding carboxylic acids is 2. The highest BCUT2D eigenvalue weighted by Crippen LogP contribution is 2.24. The van der Waals surface area contributed by atoms with Crippen LogP contribution in [0.25, 0.3) is 0 Å². The number of halogens is 1. The molecule has 0 unspecified atom stereocenters. The standard InChI is InChI=1S/C26H36ClN3O4S/c1-7-20(5)28-26(32)24(8-2)29(16-21-11-9-10-12-23(21)27)25(31)17-30(35(6,33)34)22-14-13-18(3)19(4)15-22/h9-15,20,24H,7-8,16-17H2,1-6H3,(H,28,32)/t20-,24-/m0/s1. The van der Waals surface area contributed by atoms with Crippen molar-refractivity contribution in [3.05, 3.63) is 64.2 Å². The lowest BCUT2D eigenvalue weighted by Gasteiger charge is -2.33. The van der Waals surface area contributed by atoms with E-state index in [1.54, 1.807) is 30.3 Å². The molecule has 0 saturated carbocycles. The van der Waals surface area contributed by atoms with Crippen molar-refractivity contribution in [1.82, 2.24) is 10.2 Å². The summed E-state index contributed by atoms with van der Waals surface area (Å²) in [6.45, 7) is 9.15. The molecule has 192 valence electrons. The van der Waals surface area contributed by atoms with E-state index in [-0.39, 0.29) is 18.5 Å². The van der Waals surface area contributed by atoms with Gasteiger partial charge in [-0.2, -0.15) is 0 Å². The second-order valence-corrected chi connectivity index (χ2v) is 11.2. The van der Waals surface area contributed by atoms with Crippen molar-refractivity contribution in [2.45, 2.75) is 66.1 Å². The first-order valence-corrected chi connectivity index (χ1v) is 14.0. The molecule has 7 nitrogen and oxygen atoms in total. The number of benzene rings is 2. The number of aryl methyl sites for hydroxylation is 2. The molecular weight excluding hydrogens is 486 g/mol. The van der Waals surface area contributed by atoms with Gasteiger partial charge in [0.15, 0.2) is 0 Å². The summed E-state index contributed by atoms with van der Waals surface area (Å²) in [5.41, 5.74) is 3.01. The maximum Gasteiger partial charge on any atom is 0.244 e. The zero-order valence-electron chi connectivity index (χ0n) is 21.3. The van der Waals surface area contributed by atoms with E-state index in [1.807, 2.05) is 46.8 Å². The quantitative estimate of drug-likeness (QED) is 0.473. The normalized spacial score (nSPS) is 13.1. The molecule has 1 N–H and O–H groups in total. The fourth-order valence-electron chi connectivity index (χ4n) is 3.67. The highest BCUT2D eigenvalue weighted by Gasteiger charge is 2.32. The number of hydrogen-bond acceptors (Lipinski definition) is 4. The van der Waals surface area contributed by atoms with Gasteiger partial charge in [0.1, 0.15) is 12.6 Å². The van der Waals surface area contributed by atoms with Crippen LogP contribution in [0.2, 0.25) is 5.02 Å². The molecule has 0 heterocycles. The lowest BCUT2D eigenvalue weighted by molar-refractivity contribution is -0.140. The zero-order chi connectivity index (χ0) is 26.3. The molecule has 0 spiro atoms. The minimum Gasteiger partial charge on any atom is -0.352 e. The molecular formula is C26H36ClN3O4S. The highest BCUT2D eigenvalue weighted by molar-refractivity contribution is 7.92. The van der Waals surface area contributed by atoms with Crippen LogP contribution in [0.5, 0.6) is 0 Å². The van der Waals surface area contributed by atoms with Gasteiger partial charge in [-0.3, -0.25) is 13.9 Å². The van der Waals surface area contributed by atoms with Gasteiger partial charge in [-0.05, 0) is 68.5 Å². The van der Waals surface area contributed by atoms with Crippen LogP contribution in [0, 0.1) is 13.8 Å². The SMILES string of the molecule is CC[C@H](C)NC(=O)[C@H](CC)N(Cc1ccccc1Cl)C(=O)CN(c1ccc(C)c(C)c1)S(C)(=O)=O. The van der Waals surface area contributed by atoms with Gasteiger partial charge in [-0.1, -0.05) is 49.7 Å². The monoisotopic (exact) mass is 521 g/mol. The smallest absolute Gasteiger partial charge is 0.244 e. The van der Waals surface area contributed by atoms with Gasteiger partial charge in [-0.25, -0.2) is 8.42 Å². The third kappa shape index (κ3) is 7.70. The van der Waals surface area contributed by atoms with Crippen LogP contribution >= 0.6 is 11.6 Å². The van der Waals surface area contributed by atoms with Crippen LogP contribution in [-0.4, -0.2) is 50.0 Å². The lowest BCUT2D eigenvalue weighted by Crippen LogP contribution is -2.53. The molecule has 2 atom stereocenters. The number of amides is 2. The van der Waals surface area contributed by atoms with Crippen molar-refractivity contribution in [2.75, 3.05) is 17.1 Å². The summed E-state index contributed by atoms with van der Waals surface area (Å²) >= 11 is 6.37. The van der Waals surface area contributed by atoms with E-state index in [0.29, 0.717) is 22.7 Å². The third-order valence-electron chi connectivity index (χ3n) is 6.14. The molecule has 0 saturated heterocycles. The molecule has 0 aliphatic rings. The van der Waals surface area contributed by atoms with E-state index >= 15 is 0 Å². The Balaban J connectivity index is 2.47. The van der Waals surface area contributed by atoms with Gasteiger partial charge in [0, 0.05) is 17.6 Å². The Labute approximate surface area is 214 Å². The molecule has 0 aromatic heterocycles. The van der Waals surface area contributed by atoms with E-state index in [2.05, 4.69) is 5.32 Å². The summed E-state index contributed by atoms with van der Waals surface area (Å²) in [6, 6.07) is 11.5. The fourth-order valence-corrected chi connectivity index (χ4v) is 4.70. The van der Waals surface area contributed by atoms with Crippen LogP contribution in [0.15, 0.2) is 42.5 Å². The van der Waals surface area contributed by atoms with E-state index in [9.17, 15) is 18.0 Å². The van der Waals surface area contributed by atoms with E-state index in [1.165, 1.54) is 4.90 Å². The molecule has 0 radical (unpaired) electrons. The number of sulfonamides is 1. The second kappa shape index (κ2) is 12.4. The first kappa shape index (κ1) is 28.7. The highest BCUT2D eigenvalue weighted by atomic mass is 35.5. The van der Waals surface area contributed by atoms with Crippen LogP contribution in [-0.2, 0) is 26.2 Å². The fraction of sp³-hybridized carbons (Fsp3) is 0.462. The van der Waals surface area contributed by atoms with Gasteiger partial charge in [0.2, 0.25) is 21.8 Å². The van der Waals surface area contributed by atoms with Crippen molar-refractivity contribution >= 4 is 39.1 Å². The topological polar surface area (TPSA) is 86.8 Å². The Morgan fingerprint density at radius 1 is 1.03 bits per heavy atom. The summed E-state index contributed by atoms with van der Waals surface area (Å²) < 4.78 is 26.5. The Morgan fingerprint density at radius 2 is 1.69 bits per heavy atom. The van der Waals surface area contributed by atoms with Gasteiger partial charge in [-0.15, -0.1) is 0 Å². The number of hydrogen-bond donors (Lipinski definition) is 1. The van der Waals surface area contributed by atoms with Crippen LogP contribution in [0.3, 0.4) is 0 Å². The van der Waals surface area contributed by atoms with Gasteiger partial charge in [0.05, 0.1) is 11.9 Å². The average Bonchev–Trinajstić information content (AvgIpc) is 2.79. The van der Waals surface area contributed by atoms with Gasteiger partial charge < -0.3 is 10.2 Å². The summed E-state index contributed by atoms with van der Waals surface area (Å²) in [7, 11) is -3.77. The molecule has 0 aliphatic carbocycles. The zero-order valence-corrected chi connectivity index (χ0v) is 22.9. The Bertz CT molecular complexity index is 1150. The van der Waals surface area contributed by atoms with Crippen LogP contribution in [0.1, 0.15) is 50.3 Å². The molecule has 0 bridgehead atoms. The molecule has 2 amide bonds. The van der Waals surface area contributed by atoms with Crippen molar-refractivity contribution in [1.29, 1.82) is 0 Å². The number of carbonyl (C=O) groups is 2. The number of anilines is 1. The molecule has 0 fully saturated rings. The lowest BCUT2D eigenvalue weighted by atomic mass is 10.1. The number of nitrogens with zero attached hydrogens (tertiary/aromatic N) is 2. The molecule has 0 aliphatic heterocycles. The number of rotatable bonds is 11. The van der Waals surface area contributed by atoms with Gasteiger partial charge >= 0.3 is 0 Å².